The molecule has 0 fully saturated rings. The van der Waals surface area contributed by atoms with E-state index in [2.05, 4.69) is 10.3 Å². The number of allylic oxidation sites excluding steroid dienone is 2. The lowest BCUT2D eigenvalue weighted by Crippen LogP contribution is -2.23. The standard InChI is InChI=1S/C7H6N2O2/c10-4-3-5(11)7-6(4)8-1-2-9-7/h1,9H,2-3H2. The van der Waals surface area contributed by atoms with Crippen molar-refractivity contribution in [2.24, 2.45) is 4.99 Å². The van der Waals surface area contributed by atoms with E-state index in [1.807, 2.05) is 0 Å². The van der Waals surface area contributed by atoms with Crippen LogP contribution in [0.15, 0.2) is 16.4 Å². The SMILES string of the molecule is O=C1CC(=O)C2=C1N=CCN2. The molecule has 4 nitrogen and oxygen atoms in total. The van der Waals surface area contributed by atoms with Gasteiger partial charge in [0.2, 0.25) is 0 Å². The second-order valence-corrected chi connectivity index (χ2v) is 2.44. The van der Waals surface area contributed by atoms with Crippen LogP contribution >= 0.6 is 0 Å². The quantitative estimate of drug-likeness (QED) is 0.470. The summed E-state index contributed by atoms with van der Waals surface area (Å²) in [4.78, 5) is 25.8. The van der Waals surface area contributed by atoms with Crippen molar-refractivity contribution in [3.05, 3.63) is 11.4 Å². The minimum absolute atomic E-state index is 0.0188. The van der Waals surface area contributed by atoms with Gasteiger partial charge in [0.1, 0.15) is 11.4 Å². The molecule has 0 unspecified atom stereocenters. The second kappa shape index (κ2) is 2.02. The fourth-order valence-electron chi connectivity index (χ4n) is 1.19. The van der Waals surface area contributed by atoms with Gasteiger partial charge in [-0.2, -0.15) is 0 Å². The van der Waals surface area contributed by atoms with E-state index in [0.717, 1.165) is 0 Å². The summed E-state index contributed by atoms with van der Waals surface area (Å²) in [6, 6.07) is 0. The number of hydrogen-bond acceptors (Lipinski definition) is 4. The van der Waals surface area contributed by atoms with Gasteiger partial charge in [0, 0.05) is 6.21 Å². The van der Waals surface area contributed by atoms with Crippen molar-refractivity contribution in [3.63, 3.8) is 0 Å². The third-order valence-corrected chi connectivity index (χ3v) is 1.69. The lowest BCUT2D eigenvalue weighted by Gasteiger charge is -2.06. The average Bonchev–Trinajstić information content (AvgIpc) is 2.30. The van der Waals surface area contributed by atoms with Gasteiger partial charge in [0.15, 0.2) is 11.6 Å². The number of carbonyl (C=O) groups is 2. The highest BCUT2D eigenvalue weighted by Crippen LogP contribution is 2.19. The molecule has 0 aromatic heterocycles. The van der Waals surface area contributed by atoms with Crippen molar-refractivity contribution in [1.29, 1.82) is 0 Å². The molecule has 1 N–H and O–H groups in total. The molecule has 0 bridgehead atoms. The summed E-state index contributed by atoms with van der Waals surface area (Å²) >= 11 is 0. The molecule has 0 radical (unpaired) electrons. The van der Waals surface area contributed by atoms with Crippen LogP contribution in [0.1, 0.15) is 6.42 Å². The molecule has 0 spiro atoms. The van der Waals surface area contributed by atoms with Crippen LogP contribution in [0.5, 0.6) is 0 Å². The highest BCUT2D eigenvalue weighted by molar-refractivity contribution is 6.22. The molecule has 0 saturated heterocycles. The lowest BCUT2D eigenvalue weighted by molar-refractivity contribution is -0.121. The summed E-state index contributed by atoms with van der Waals surface area (Å²) in [6.45, 7) is 0.540. The smallest absolute Gasteiger partial charge is 0.191 e. The minimum Gasteiger partial charge on any atom is -0.375 e. The molecule has 4 heteroatoms. The largest absolute Gasteiger partial charge is 0.375 e. The van der Waals surface area contributed by atoms with Gasteiger partial charge in [-0.3, -0.25) is 14.6 Å². The maximum atomic E-state index is 11.0. The first-order chi connectivity index (χ1) is 5.29. The van der Waals surface area contributed by atoms with Gasteiger partial charge < -0.3 is 5.32 Å². The van der Waals surface area contributed by atoms with E-state index in [1.165, 1.54) is 0 Å². The number of hydrogen-bond donors (Lipinski definition) is 1. The van der Waals surface area contributed by atoms with Crippen molar-refractivity contribution < 1.29 is 9.59 Å². The predicted molar refractivity (Wildman–Crippen MR) is 38.2 cm³/mol. The summed E-state index contributed by atoms with van der Waals surface area (Å²) in [5.41, 5.74) is 0.707. The third-order valence-electron chi connectivity index (χ3n) is 1.69. The maximum absolute atomic E-state index is 11.0. The fourth-order valence-corrected chi connectivity index (χ4v) is 1.19. The summed E-state index contributed by atoms with van der Waals surface area (Å²) in [6.07, 6.45) is 1.57. The van der Waals surface area contributed by atoms with E-state index in [0.29, 0.717) is 17.9 Å². The van der Waals surface area contributed by atoms with Crippen LogP contribution < -0.4 is 5.32 Å². The fraction of sp³-hybridized carbons (Fsp3) is 0.286. The molecule has 2 rings (SSSR count). The van der Waals surface area contributed by atoms with Crippen molar-refractivity contribution in [3.8, 4) is 0 Å². The Hall–Kier alpha value is -1.45. The Morgan fingerprint density at radius 1 is 1.36 bits per heavy atom. The normalized spacial score (nSPS) is 22.2. The van der Waals surface area contributed by atoms with Crippen LogP contribution in [0.4, 0.5) is 0 Å². The Bertz CT molecular complexity index is 302. The first-order valence-electron chi connectivity index (χ1n) is 3.36. The van der Waals surface area contributed by atoms with E-state index in [-0.39, 0.29) is 18.0 Å². The Balaban J connectivity index is 2.49. The highest BCUT2D eigenvalue weighted by atomic mass is 16.2. The Labute approximate surface area is 63.0 Å². The van der Waals surface area contributed by atoms with Crippen LogP contribution in [0.2, 0.25) is 0 Å². The number of aliphatic imine (C=N–C) groups is 1. The van der Waals surface area contributed by atoms with Gasteiger partial charge in [-0.25, -0.2) is 0 Å². The number of carbonyl (C=O) groups excluding carboxylic acids is 2. The monoisotopic (exact) mass is 150 g/mol. The molecule has 0 aromatic carbocycles. The van der Waals surface area contributed by atoms with Crippen molar-refractivity contribution in [1.82, 2.24) is 5.32 Å². The molecule has 11 heavy (non-hydrogen) atoms. The van der Waals surface area contributed by atoms with Crippen LogP contribution in [0.25, 0.3) is 0 Å². The number of Topliss-reactive ketones (excluding diaryl/α,β-unsaturated/α-hetero) is 2. The molecule has 0 amide bonds. The van der Waals surface area contributed by atoms with Gasteiger partial charge in [-0.1, -0.05) is 0 Å². The Morgan fingerprint density at radius 3 is 2.91 bits per heavy atom. The molecule has 0 atom stereocenters. The summed E-state index contributed by atoms with van der Waals surface area (Å²) in [5.74, 6) is -0.310. The average molecular weight is 150 g/mol. The molecule has 0 saturated carbocycles. The zero-order valence-electron chi connectivity index (χ0n) is 5.76. The van der Waals surface area contributed by atoms with Crippen LogP contribution in [-0.2, 0) is 9.59 Å². The zero-order valence-corrected chi connectivity index (χ0v) is 5.76. The summed E-state index contributed by atoms with van der Waals surface area (Å²) < 4.78 is 0. The van der Waals surface area contributed by atoms with Gasteiger partial charge in [-0.15, -0.1) is 0 Å². The number of rotatable bonds is 0. The Kier molecular flexibility index (Phi) is 1.15. The maximum Gasteiger partial charge on any atom is 0.191 e. The second-order valence-electron chi connectivity index (χ2n) is 2.44. The first kappa shape index (κ1) is 6.27. The van der Waals surface area contributed by atoms with Crippen LogP contribution in [0, 0.1) is 0 Å². The van der Waals surface area contributed by atoms with Gasteiger partial charge in [-0.05, 0) is 0 Å². The number of nitrogens with zero attached hydrogens (tertiary/aromatic N) is 1. The number of nitrogens with one attached hydrogen (secondary N) is 1. The number of ketones is 2. The molecular weight excluding hydrogens is 144 g/mol. The summed E-state index contributed by atoms with van der Waals surface area (Å²) in [5, 5.41) is 2.82. The van der Waals surface area contributed by atoms with E-state index in [1.54, 1.807) is 6.21 Å². The minimum atomic E-state index is -0.173. The van der Waals surface area contributed by atoms with Crippen LogP contribution in [0.3, 0.4) is 0 Å². The van der Waals surface area contributed by atoms with E-state index in [4.69, 9.17) is 0 Å². The van der Waals surface area contributed by atoms with Gasteiger partial charge in [0.05, 0.1) is 13.0 Å². The van der Waals surface area contributed by atoms with E-state index in [9.17, 15) is 9.59 Å². The van der Waals surface area contributed by atoms with Crippen molar-refractivity contribution in [2.45, 2.75) is 6.42 Å². The topological polar surface area (TPSA) is 58.5 Å². The zero-order chi connectivity index (χ0) is 7.84. The molecule has 0 aromatic rings. The summed E-state index contributed by atoms with van der Waals surface area (Å²) in [7, 11) is 0. The molecule has 2 aliphatic rings. The molecule has 1 aliphatic carbocycles. The van der Waals surface area contributed by atoms with Crippen molar-refractivity contribution in [2.75, 3.05) is 6.54 Å². The van der Waals surface area contributed by atoms with E-state index >= 15 is 0 Å². The lowest BCUT2D eigenvalue weighted by atomic mass is 10.3. The highest BCUT2D eigenvalue weighted by Gasteiger charge is 2.31. The third kappa shape index (κ3) is 0.790. The molecular formula is C7H6N2O2. The molecule has 1 heterocycles. The van der Waals surface area contributed by atoms with Crippen molar-refractivity contribution >= 4 is 17.8 Å². The predicted octanol–water partition coefficient (Wildman–Crippen LogP) is -0.586. The van der Waals surface area contributed by atoms with Crippen LogP contribution in [-0.4, -0.2) is 24.3 Å². The van der Waals surface area contributed by atoms with E-state index < -0.39 is 0 Å². The Morgan fingerprint density at radius 2 is 2.18 bits per heavy atom. The van der Waals surface area contributed by atoms with Gasteiger partial charge in [0.25, 0.3) is 0 Å². The first-order valence-corrected chi connectivity index (χ1v) is 3.36. The van der Waals surface area contributed by atoms with Gasteiger partial charge >= 0.3 is 0 Å². The molecule has 1 aliphatic heterocycles. The molecule has 56 valence electrons.